The second-order valence-electron chi connectivity index (χ2n) is 5.90. The molecule has 108 valence electrons. The molecule has 0 saturated heterocycles. The van der Waals surface area contributed by atoms with Crippen LogP contribution in [0.3, 0.4) is 0 Å². The van der Waals surface area contributed by atoms with Crippen LogP contribution in [-0.4, -0.2) is 12.1 Å². The smallest absolute Gasteiger partial charge is 0.118 e. The Bertz CT molecular complexity index is 378. The Balaban J connectivity index is 1.82. The van der Waals surface area contributed by atoms with Gasteiger partial charge in [-0.2, -0.15) is 0 Å². The van der Waals surface area contributed by atoms with Crippen LogP contribution in [0, 0.1) is 6.92 Å². The summed E-state index contributed by atoms with van der Waals surface area (Å²) in [5.74, 6) is 2.00. The van der Waals surface area contributed by atoms with Crippen LogP contribution in [0.4, 0.5) is 0 Å². The third-order valence-electron chi connectivity index (χ3n) is 3.78. The summed E-state index contributed by atoms with van der Waals surface area (Å²) >= 11 is 0. The van der Waals surface area contributed by atoms with E-state index in [2.05, 4.69) is 25.2 Å². The molecule has 0 radical (unpaired) electrons. The van der Waals surface area contributed by atoms with E-state index < -0.39 is 0 Å². The molecule has 3 heteroatoms. The van der Waals surface area contributed by atoms with E-state index in [0.717, 1.165) is 18.1 Å². The summed E-state index contributed by atoms with van der Waals surface area (Å²) in [7, 11) is 0. The van der Waals surface area contributed by atoms with Crippen LogP contribution in [0.2, 0.25) is 0 Å². The van der Waals surface area contributed by atoms with Crippen molar-refractivity contribution >= 4 is 0 Å². The van der Waals surface area contributed by atoms with Crippen molar-refractivity contribution in [2.75, 3.05) is 0 Å². The monoisotopic (exact) mass is 265 g/mol. The van der Waals surface area contributed by atoms with Gasteiger partial charge in [0.2, 0.25) is 0 Å². The third kappa shape index (κ3) is 4.66. The fourth-order valence-electron chi connectivity index (χ4n) is 2.56. The van der Waals surface area contributed by atoms with Gasteiger partial charge >= 0.3 is 0 Å². The van der Waals surface area contributed by atoms with Gasteiger partial charge in [0, 0.05) is 11.6 Å². The number of furan rings is 1. The number of hydrogen-bond acceptors (Lipinski definition) is 3. The first-order valence-corrected chi connectivity index (χ1v) is 7.58. The second-order valence-corrected chi connectivity index (χ2v) is 5.90. The largest absolute Gasteiger partial charge is 0.465 e. The van der Waals surface area contributed by atoms with E-state index in [1.165, 1.54) is 37.7 Å². The fraction of sp³-hybridized carbons (Fsp3) is 0.750. The Morgan fingerprint density at radius 3 is 2.74 bits per heavy atom. The highest BCUT2D eigenvalue weighted by Crippen LogP contribution is 2.23. The Morgan fingerprint density at radius 2 is 2.05 bits per heavy atom. The minimum Gasteiger partial charge on any atom is -0.465 e. The summed E-state index contributed by atoms with van der Waals surface area (Å²) in [5.41, 5.74) is 1.20. The highest BCUT2D eigenvalue weighted by atomic mass is 16.5. The lowest BCUT2D eigenvalue weighted by molar-refractivity contribution is 0.0164. The normalized spacial score (nSPS) is 17.3. The molecule has 1 aromatic rings. The zero-order chi connectivity index (χ0) is 13.7. The Morgan fingerprint density at radius 1 is 1.32 bits per heavy atom. The molecule has 1 saturated carbocycles. The number of hydrogen-bond donors (Lipinski definition) is 1. The maximum Gasteiger partial charge on any atom is 0.118 e. The topological polar surface area (TPSA) is 34.4 Å². The average Bonchev–Trinajstić information content (AvgIpc) is 2.76. The Kier molecular flexibility index (Phi) is 5.46. The number of rotatable bonds is 6. The van der Waals surface area contributed by atoms with E-state index in [9.17, 15) is 0 Å². The molecule has 0 unspecified atom stereocenters. The zero-order valence-corrected chi connectivity index (χ0v) is 12.5. The molecule has 0 spiro atoms. The van der Waals surface area contributed by atoms with Gasteiger partial charge in [-0.1, -0.05) is 33.1 Å². The number of ether oxygens (including phenoxy) is 1. The lowest BCUT2D eigenvalue weighted by Crippen LogP contribution is -2.21. The highest BCUT2D eigenvalue weighted by Gasteiger charge is 2.15. The molecule has 1 aromatic heterocycles. The van der Waals surface area contributed by atoms with Crippen molar-refractivity contribution in [1.82, 2.24) is 5.32 Å². The first-order valence-electron chi connectivity index (χ1n) is 7.58. The second kappa shape index (κ2) is 7.11. The van der Waals surface area contributed by atoms with Gasteiger partial charge in [0.25, 0.3) is 0 Å². The SMILES string of the molecule is Cc1oc(CNC(C)C)cc1COC1CCCCC1. The van der Waals surface area contributed by atoms with E-state index in [0.29, 0.717) is 18.8 Å². The van der Waals surface area contributed by atoms with Crippen molar-refractivity contribution in [1.29, 1.82) is 0 Å². The molecular formula is C16H27NO2. The van der Waals surface area contributed by atoms with Crippen LogP contribution >= 0.6 is 0 Å². The molecule has 1 aliphatic carbocycles. The molecule has 1 aliphatic rings. The maximum atomic E-state index is 6.01. The summed E-state index contributed by atoms with van der Waals surface area (Å²) in [4.78, 5) is 0. The van der Waals surface area contributed by atoms with Crippen molar-refractivity contribution in [3.05, 3.63) is 23.2 Å². The average molecular weight is 265 g/mol. The summed E-state index contributed by atoms with van der Waals surface area (Å²) in [6, 6.07) is 2.61. The van der Waals surface area contributed by atoms with Crippen molar-refractivity contribution in [2.24, 2.45) is 0 Å². The lowest BCUT2D eigenvalue weighted by Gasteiger charge is -2.21. The first kappa shape index (κ1) is 14.6. The molecule has 0 aromatic carbocycles. The molecule has 0 aliphatic heterocycles. The van der Waals surface area contributed by atoms with E-state index in [1.54, 1.807) is 0 Å². The first-order chi connectivity index (χ1) is 9.15. The highest BCUT2D eigenvalue weighted by molar-refractivity contribution is 5.20. The molecule has 0 amide bonds. The zero-order valence-electron chi connectivity index (χ0n) is 12.5. The number of nitrogens with one attached hydrogen (secondary N) is 1. The van der Waals surface area contributed by atoms with Gasteiger partial charge in [0.05, 0.1) is 19.3 Å². The molecule has 3 nitrogen and oxygen atoms in total. The standard InChI is InChI=1S/C16H27NO2/c1-12(2)17-10-16-9-14(13(3)19-16)11-18-15-7-5-4-6-8-15/h9,12,15,17H,4-8,10-11H2,1-3H3. The predicted octanol–water partition coefficient (Wildman–Crippen LogP) is 3.94. The number of aryl methyl sites for hydroxylation is 1. The van der Waals surface area contributed by atoms with Crippen molar-refractivity contribution in [3.63, 3.8) is 0 Å². The minimum absolute atomic E-state index is 0.459. The summed E-state index contributed by atoms with van der Waals surface area (Å²) in [6.45, 7) is 7.80. The Hall–Kier alpha value is -0.800. The van der Waals surface area contributed by atoms with Crippen LogP contribution in [0.1, 0.15) is 63.0 Å². The predicted molar refractivity (Wildman–Crippen MR) is 77.1 cm³/mol. The fourth-order valence-corrected chi connectivity index (χ4v) is 2.56. The van der Waals surface area contributed by atoms with Crippen molar-refractivity contribution in [2.45, 2.75) is 78.2 Å². The molecule has 1 heterocycles. The van der Waals surface area contributed by atoms with E-state index >= 15 is 0 Å². The molecular weight excluding hydrogens is 238 g/mol. The third-order valence-corrected chi connectivity index (χ3v) is 3.78. The molecule has 2 rings (SSSR count). The van der Waals surface area contributed by atoms with Crippen LogP contribution < -0.4 is 5.32 Å². The van der Waals surface area contributed by atoms with Gasteiger partial charge in [0.15, 0.2) is 0 Å². The molecule has 1 fully saturated rings. The van der Waals surface area contributed by atoms with E-state index in [-0.39, 0.29) is 0 Å². The molecule has 19 heavy (non-hydrogen) atoms. The van der Waals surface area contributed by atoms with Crippen LogP contribution in [0.5, 0.6) is 0 Å². The summed E-state index contributed by atoms with van der Waals surface area (Å²) < 4.78 is 11.8. The van der Waals surface area contributed by atoms with Crippen molar-refractivity contribution in [3.8, 4) is 0 Å². The van der Waals surface area contributed by atoms with Gasteiger partial charge in [-0.25, -0.2) is 0 Å². The van der Waals surface area contributed by atoms with Gasteiger partial charge < -0.3 is 14.5 Å². The maximum absolute atomic E-state index is 6.01. The quantitative estimate of drug-likeness (QED) is 0.846. The van der Waals surface area contributed by atoms with E-state index in [1.807, 2.05) is 6.92 Å². The summed E-state index contributed by atoms with van der Waals surface area (Å²) in [6.07, 6.45) is 6.91. The summed E-state index contributed by atoms with van der Waals surface area (Å²) in [5, 5.41) is 3.37. The lowest BCUT2D eigenvalue weighted by atomic mass is 9.98. The van der Waals surface area contributed by atoms with Gasteiger partial charge in [0.1, 0.15) is 11.5 Å². The molecule has 1 N–H and O–H groups in total. The van der Waals surface area contributed by atoms with Gasteiger partial charge in [-0.3, -0.25) is 0 Å². The molecule has 0 atom stereocenters. The van der Waals surface area contributed by atoms with Crippen LogP contribution in [0.15, 0.2) is 10.5 Å². The van der Waals surface area contributed by atoms with Gasteiger partial charge in [-0.15, -0.1) is 0 Å². The molecule has 0 bridgehead atoms. The van der Waals surface area contributed by atoms with Crippen LogP contribution in [0.25, 0.3) is 0 Å². The van der Waals surface area contributed by atoms with Gasteiger partial charge in [-0.05, 0) is 25.8 Å². The minimum atomic E-state index is 0.459. The van der Waals surface area contributed by atoms with Crippen molar-refractivity contribution < 1.29 is 9.15 Å². The van der Waals surface area contributed by atoms with Crippen LogP contribution in [-0.2, 0) is 17.9 Å². The Labute approximate surface area is 116 Å². The van der Waals surface area contributed by atoms with E-state index in [4.69, 9.17) is 9.15 Å².